The fourth-order valence-electron chi connectivity index (χ4n) is 1.70. The molecule has 0 bridgehead atoms. The van der Waals surface area contributed by atoms with Gasteiger partial charge in [0.15, 0.2) is 5.75 Å². The highest BCUT2D eigenvalue weighted by Crippen LogP contribution is 2.39. The van der Waals surface area contributed by atoms with Crippen LogP contribution in [-0.4, -0.2) is 24.7 Å². The van der Waals surface area contributed by atoms with Crippen molar-refractivity contribution in [3.05, 3.63) is 46.4 Å². The Morgan fingerprint density at radius 1 is 1.14 bits per heavy atom. The third kappa shape index (κ3) is 4.19. The van der Waals surface area contributed by atoms with Crippen molar-refractivity contribution in [1.29, 1.82) is 0 Å². The molecule has 5 nitrogen and oxygen atoms in total. The van der Waals surface area contributed by atoms with Gasteiger partial charge in [-0.25, -0.2) is 0 Å². The predicted octanol–water partition coefficient (Wildman–Crippen LogP) is 4.29. The van der Waals surface area contributed by atoms with Gasteiger partial charge >= 0.3 is 5.97 Å². The minimum atomic E-state index is -0.981. The number of aliphatic carboxylic acids is 1. The van der Waals surface area contributed by atoms with Gasteiger partial charge in [0.2, 0.25) is 0 Å². The predicted molar refractivity (Wildman–Crippen MR) is 85.7 cm³/mol. The molecule has 2 aromatic carbocycles. The second kappa shape index (κ2) is 7.24. The molecule has 22 heavy (non-hydrogen) atoms. The van der Waals surface area contributed by atoms with Crippen molar-refractivity contribution >= 4 is 34.9 Å². The Balaban J connectivity index is 2.18. The number of carboxylic acids is 1. The lowest BCUT2D eigenvalue weighted by molar-refractivity contribution is -0.134. The van der Waals surface area contributed by atoms with Crippen molar-refractivity contribution in [2.75, 3.05) is 19.0 Å². The maximum atomic E-state index is 10.5. The summed E-state index contributed by atoms with van der Waals surface area (Å²) < 4.78 is 10.7. The molecule has 0 unspecified atom stereocenters. The molecule has 0 amide bonds. The van der Waals surface area contributed by atoms with Crippen molar-refractivity contribution in [2.45, 2.75) is 0 Å². The van der Waals surface area contributed by atoms with Crippen LogP contribution >= 0.6 is 23.2 Å². The normalized spacial score (nSPS) is 10.1. The molecule has 0 heterocycles. The largest absolute Gasteiger partial charge is 0.497 e. The number of carbonyl (C=O) groups is 1. The first-order chi connectivity index (χ1) is 10.5. The monoisotopic (exact) mass is 341 g/mol. The molecule has 0 radical (unpaired) electrons. The van der Waals surface area contributed by atoms with Gasteiger partial charge in [-0.3, -0.25) is 4.79 Å². The van der Waals surface area contributed by atoms with Crippen LogP contribution in [0.5, 0.6) is 17.2 Å². The number of halogens is 2. The fourth-order valence-corrected chi connectivity index (χ4v) is 2.26. The lowest BCUT2D eigenvalue weighted by atomic mass is 10.3. The molecule has 0 aromatic heterocycles. The molecule has 0 aliphatic rings. The third-order valence-corrected chi connectivity index (χ3v) is 3.28. The summed E-state index contributed by atoms with van der Waals surface area (Å²) in [6.45, 7) is -0.231. The second-order valence-electron chi connectivity index (χ2n) is 4.29. The summed E-state index contributed by atoms with van der Waals surface area (Å²) >= 11 is 12.3. The van der Waals surface area contributed by atoms with Gasteiger partial charge in [0.1, 0.15) is 18.0 Å². The molecule has 116 valence electrons. The minimum absolute atomic E-state index is 0.231. The molecule has 2 rings (SSSR count). The van der Waals surface area contributed by atoms with Gasteiger partial charge in [-0.2, -0.15) is 0 Å². The summed E-state index contributed by atoms with van der Waals surface area (Å²) in [4.78, 5) is 10.5. The van der Waals surface area contributed by atoms with Crippen LogP contribution in [-0.2, 0) is 4.79 Å². The summed E-state index contributed by atoms with van der Waals surface area (Å²) in [6.07, 6.45) is 0. The number of nitrogens with one attached hydrogen (secondary N) is 1. The van der Waals surface area contributed by atoms with E-state index in [0.717, 1.165) is 0 Å². The average Bonchev–Trinajstić information content (AvgIpc) is 2.49. The first kappa shape index (κ1) is 16.3. The van der Waals surface area contributed by atoms with E-state index >= 15 is 0 Å². The first-order valence-electron chi connectivity index (χ1n) is 6.26. The molecular weight excluding hydrogens is 329 g/mol. The summed E-state index contributed by atoms with van der Waals surface area (Å²) in [5, 5.41) is 11.9. The number of methoxy groups -OCH3 is 1. The molecule has 0 saturated carbocycles. The highest BCUT2D eigenvalue weighted by atomic mass is 35.5. The second-order valence-corrected chi connectivity index (χ2v) is 5.11. The SMILES string of the molecule is COc1ccc(Oc2c(Cl)cc(NCC(=O)O)cc2Cl)cc1. The van der Waals surface area contributed by atoms with E-state index in [1.165, 1.54) is 0 Å². The molecule has 7 heteroatoms. The van der Waals surface area contributed by atoms with E-state index in [-0.39, 0.29) is 16.6 Å². The summed E-state index contributed by atoms with van der Waals surface area (Å²) in [5.74, 6) is 0.578. The highest BCUT2D eigenvalue weighted by molar-refractivity contribution is 6.37. The van der Waals surface area contributed by atoms with E-state index in [4.69, 9.17) is 37.8 Å². The summed E-state index contributed by atoms with van der Waals surface area (Å²) in [5.41, 5.74) is 0.500. The maximum absolute atomic E-state index is 10.5. The maximum Gasteiger partial charge on any atom is 0.322 e. The quantitative estimate of drug-likeness (QED) is 0.820. The summed E-state index contributed by atoms with van der Waals surface area (Å²) in [7, 11) is 1.58. The summed E-state index contributed by atoms with van der Waals surface area (Å²) in [6, 6.07) is 10.1. The van der Waals surface area contributed by atoms with E-state index in [0.29, 0.717) is 22.9 Å². The van der Waals surface area contributed by atoms with Gasteiger partial charge in [-0.15, -0.1) is 0 Å². The Morgan fingerprint density at radius 3 is 2.18 bits per heavy atom. The van der Waals surface area contributed by atoms with Crippen molar-refractivity contribution < 1.29 is 19.4 Å². The highest BCUT2D eigenvalue weighted by Gasteiger charge is 2.11. The molecule has 0 spiro atoms. The lowest BCUT2D eigenvalue weighted by Gasteiger charge is -2.12. The molecule has 0 saturated heterocycles. The van der Waals surface area contributed by atoms with Crippen LogP contribution in [0.4, 0.5) is 5.69 Å². The van der Waals surface area contributed by atoms with Crippen molar-refractivity contribution in [3.8, 4) is 17.2 Å². The van der Waals surface area contributed by atoms with Gasteiger partial charge in [0.25, 0.3) is 0 Å². The number of benzene rings is 2. The standard InChI is InChI=1S/C15H13Cl2NO4/c1-21-10-2-4-11(5-3-10)22-15-12(16)6-9(7-13(15)17)18-8-14(19)20/h2-7,18H,8H2,1H3,(H,19,20). The zero-order valence-corrected chi connectivity index (χ0v) is 13.1. The van der Waals surface area contributed by atoms with Crippen LogP contribution in [0, 0.1) is 0 Å². The number of hydrogen-bond donors (Lipinski definition) is 2. The van der Waals surface area contributed by atoms with E-state index < -0.39 is 5.97 Å². The zero-order valence-electron chi connectivity index (χ0n) is 11.6. The average molecular weight is 342 g/mol. The number of anilines is 1. The first-order valence-corrected chi connectivity index (χ1v) is 7.02. The van der Waals surface area contributed by atoms with Gasteiger partial charge in [-0.1, -0.05) is 23.2 Å². The van der Waals surface area contributed by atoms with Crippen molar-refractivity contribution in [1.82, 2.24) is 0 Å². The topological polar surface area (TPSA) is 67.8 Å². The van der Waals surface area contributed by atoms with E-state index in [2.05, 4.69) is 5.32 Å². The van der Waals surface area contributed by atoms with Gasteiger partial charge in [-0.05, 0) is 36.4 Å². The Morgan fingerprint density at radius 2 is 1.68 bits per heavy atom. The Hall–Kier alpha value is -2.11. The van der Waals surface area contributed by atoms with Crippen LogP contribution in [0.1, 0.15) is 0 Å². The van der Waals surface area contributed by atoms with E-state index in [1.54, 1.807) is 43.5 Å². The van der Waals surface area contributed by atoms with Gasteiger partial charge in [0, 0.05) is 5.69 Å². The van der Waals surface area contributed by atoms with Crippen LogP contribution in [0.25, 0.3) is 0 Å². The third-order valence-electron chi connectivity index (χ3n) is 2.72. The van der Waals surface area contributed by atoms with Crippen LogP contribution < -0.4 is 14.8 Å². The van der Waals surface area contributed by atoms with Crippen LogP contribution in [0.2, 0.25) is 10.0 Å². The molecule has 0 atom stereocenters. The van der Waals surface area contributed by atoms with Crippen LogP contribution in [0.3, 0.4) is 0 Å². The van der Waals surface area contributed by atoms with E-state index in [9.17, 15) is 4.79 Å². The number of ether oxygens (including phenoxy) is 2. The smallest absolute Gasteiger partial charge is 0.322 e. The molecule has 0 aliphatic carbocycles. The number of hydrogen-bond acceptors (Lipinski definition) is 4. The lowest BCUT2D eigenvalue weighted by Crippen LogP contribution is -2.12. The molecule has 0 aliphatic heterocycles. The molecular formula is C15H13Cl2NO4. The minimum Gasteiger partial charge on any atom is -0.497 e. The Labute approximate surface area is 137 Å². The van der Waals surface area contributed by atoms with Gasteiger partial charge < -0.3 is 19.9 Å². The van der Waals surface area contributed by atoms with Crippen molar-refractivity contribution in [3.63, 3.8) is 0 Å². The number of carboxylic acid groups (broad SMARTS) is 1. The molecule has 2 N–H and O–H groups in total. The van der Waals surface area contributed by atoms with Crippen molar-refractivity contribution in [2.24, 2.45) is 0 Å². The van der Waals surface area contributed by atoms with Crippen LogP contribution in [0.15, 0.2) is 36.4 Å². The molecule has 2 aromatic rings. The fraction of sp³-hybridized carbons (Fsp3) is 0.133. The molecule has 0 fully saturated rings. The zero-order chi connectivity index (χ0) is 16.1. The number of rotatable bonds is 6. The van der Waals surface area contributed by atoms with E-state index in [1.807, 2.05) is 0 Å². The van der Waals surface area contributed by atoms with Gasteiger partial charge in [0.05, 0.1) is 17.2 Å². The Kier molecular flexibility index (Phi) is 5.35. The Bertz CT molecular complexity index is 651.